The SMILES string of the molecule is O=C(Cn1nc2c(c1NC(=O)C(c1ccccc1)c1ccccc1)CSC2)NCC1CCCO1. The Balaban J connectivity index is 1.37. The van der Waals surface area contributed by atoms with E-state index in [-0.39, 0.29) is 24.5 Å². The lowest BCUT2D eigenvalue weighted by Gasteiger charge is -2.19. The van der Waals surface area contributed by atoms with Gasteiger partial charge in [-0.15, -0.1) is 0 Å². The Morgan fingerprint density at radius 3 is 2.41 bits per heavy atom. The van der Waals surface area contributed by atoms with Gasteiger partial charge in [0, 0.05) is 30.2 Å². The maximum absolute atomic E-state index is 13.7. The number of carbonyl (C=O) groups is 2. The molecule has 2 aliphatic rings. The summed E-state index contributed by atoms with van der Waals surface area (Å²) in [4.78, 5) is 26.3. The average Bonchev–Trinajstić information content (AvgIpc) is 3.60. The molecule has 1 aromatic heterocycles. The third-order valence-corrected chi connectivity index (χ3v) is 7.20. The number of nitrogens with zero attached hydrogens (tertiary/aromatic N) is 2. The van der Waals surface area contributed by atoms with E-state index < -0.39 is 5.92 Å². The first-order valence-electron chi connectivity index (χ1n) is 11.6. The van der Waals surface area contributed by atoms with Crippen molar-refractivity contribution in [2.45, 2.75) is 42.9 Å². The number of carbonyl (C=O) groups excluding carboxylic acids is 2. The summed E-state index contributed by atoms with van der Waals surface area (Å²) in [5.74, 6) is 1.42. The van der Waals surface area contributed by atoms with E-state index in [0.717, 1.165) is 53.3 Å². The van der Waals surface area contributed by atoms with E-state index in [9.17, 15) is 9.59 Å². The molecule has 3 aromatic rings. The van der Waals surface area contributed by atoms with Crippen LogP contribution in [0.4, 0.5) is 5.82 Å². The molecule has 0 spiro atoms. The molecule has 34 heavy (non-hydrogen) atoms. The molecule has 0 saturated carbocycles. The predicted molar refractivity (Wildman–Crippen MR) is 133 cm³/mol. The maximum atomic E-state index is 13.7. The van der Waals surface area contributed by atoms with Crippen molar-refractivity contribution < 1.29 is 14.3 Å². The monoisotopic (exact) mass is 476 g/mol. The van der Waals surface area contributed by atoms with E-state index in [0.29, 0.717) is 12.4 Å². The Labute approximate surface area is 203 Å². The van der Waals surface area contributed by atoms with Gasteiger partial charge >= 0.3 is 0 Å². The Bertz CT molecular complexity index is 1100. The van der Waals surface area contributed by atoms with Gasteiger partial charge in [-0.1, -0.05) is 60.7 Å². The third kappa shape index (κ3) is 5.03. The van der Waals surface area contributed by atoms with Crippen LogP contribution in [0, 0.1) is 0 Å². The molecule has 2 aromatic carbocycles. The van der Waals surface area contributed by atoms with Gasteiger partial charge in [0.15, 0.2) is 0 Å². The van der Waals surface area contributed by atoms with Crippen LogP contribution in [0.2, 0.25) is 0 Å². The second-order valence-corrected chi connectivity index (χ2v) is 9.59. The molecule has 2 aliphatic heterocycles. The van der Waals surface area contributed by atoms with Crippen molar-refractivity contribution in [2.24, 2.45) is 0 Å². The smallest absolute Gasteiger partial charge is 0.241 e. The largest absolute Gasteiger partial charge is 0.376 e. The molecule has 3 heterocycles. The average molecular weight is 477 g/mol. The lowest BCUT2D eigenvalue weighted by atomic mass is 9.90. The summed E-state index contributed by atoms with van der Waals surface area (Å²) in [6.07, 6.45) is 2.08. The summed E-state index contributed by atoms with van der Waals surface area (Å²) in [5, 5.41) is 10.7. The number of nitrogens with one attached hydrogen (secondary N) is 2. The Morgan fingerprint density at radius 2 is 1.76 bits per heavy atom. The number of aromatic nitrogens is 2. The molecule has 8 heteroatoms. The zero-order valence-corrected chi connectivity index (χ0v) is 19.7. The van der Waals surface area contributed by atoms with Crippen LogP contribution in [0.25, 0.3) is 0 Å². The number of ether oxygens (including phenoxy) is 1. The zero-order chi connectivity index (χ0) is 23.3. The molecule has 2 amide bonds. The summed E-state index contributed by atoms with van der Waals surface area (Å²) in [6, 6.07) is 19.5. The number of fused-ring (bicyclic) bond motifs is 1. The number of anilines is 1. The Morgan fingerprint density at radius 1 is 1.06 bits per heavy atom. The van der Waals surface area contributed by atoms with E-state index in [4.69, 9.17) is 4.74 Å². The van der Waals surface area contributed by atoms with Gasteiger partial charge < -0.3 is 15.4 Å². The van der Waals surface area contributed by atoms with E-state index >= 15 is 0 Å². The van der Waals surface area contributed by atoms with Crippen molar-refractivity contribution in [1.82, 2.24) is 15.1 Å². The van der Waals surface area contributed by atoms with Crippen molar-refractivity contribution in [1.29, 1.82) is 0 Å². The van der Waals surface area contributed by atoms with Crippen molar-refractivity contribution in [2.75, 3.05) is 18.5 Å². The second kappa shape index (κ2) is 10.4. The third-order valence-electron chi connectivity index (χ3n) is 6.23. The minimum absolute atomic E-state index is 0.0569. The molecule has 7 nitrogen and oxygen atoms in total. The standard InChI is InChI=1S/C26H28N4O3S/c31-23(27-14-20-12-7-13-33-20)15-30-25(21-16-34-17-22(21)29-30)28-26(32)24(18-8-3-1-4-9-18)19-10-5-2-6-11-19/h1-6,8-11,20,24H,7,12-17H2,(H,27,31)(H,28,32). The topological polar surface area (TPSA) is 85.2 Å². The predicted octanol–water partition coefficient (Wildman–Crippen LogP) is 3.70. The molecule has 1 fully saturated rings. The molecular weight excluding hydrogens is 448 g/mol. The molecule has 1 saturated heterocycles. The molecule has 1 atom stereocenters. The molecule has 5 rings (SSSR count). The lowest BCUT2D eigenvalue weighted by molar-refractivity contribution is -0.122. The van der Waals surface area contributed by atoms with E-state index in [1.54, 1.807) is 16.4 Å². The normalized spacial score (nSPS) is 17.0. The van der Waals surface area contributed by atoms with Gasteiger partial charge in [-0.3, -0.25) is 9.59 Å². The van der Waals surface area contributed by atoms with E-state index in [1.165, 1.54) is 0 Å². The van der Waals surface area contributed by atoms with Crippen LogP contribution in [0.5, 0.6) is 0 Å². The first-order chi connectivity index (χ1) is 16.7. The van der Waals surface area contributed by atoms with Gasteiger partial charge in [0.25, 0.3) is 0 Å². The quantitative estimate of drug-likeness (QED) is 0.518. The van der Waals surface area contributed by atoms with Crippen LogP contribution in [-0.4, -0.2) is 40.9 Å². The van der Waals surface area contributed by atoms with Crippen LogP contribution in [0.1, 0.15) is 41.1 Å². The van der Waals surface area contributed by atoms with Gasteiger partial charge in [-0.05, 0) is 24.0 Å². The van der Waals surface area contributed by atoms with Crippen molar-refractivity contribution in [3.05, 3.63) is 83.0 Å². The molecule has 0 bridgehead atoms. The number of rotatable bonds is 8. The van der Waals surface area contributed by atoms with E-state index in [2.05, 4.69) is 15.7 Å². The lowest BCUT2D eigenvalue weighted by Crippen LogP contribution is -2.35. The van der Waals surface area contributed by atoms with E-state index in [1.807, 2.05) is 60.7 Å². The molecule has 176 valence electrons. The van der Waals surface area contributed by atoms with Crippen LogP contribution >= 0.6 is 11.8 Å². The fourth-order valence-electron chi connectivity index (χ4n) is 4.52. The maximum Gasteiger partial charge on any atom is 0.241 e. The zero-order valence-electron chi connectivity index (χ0n) is 18.9. The highest BCUT2D eigenvalue weighted by molar-refractivity contribution is 7.98. The van der Waals surface area contributed by atoms with Gasteiger partial charge in [0.05, 0.1) is 17.7 Å². The molecular formula is C26H28N4O3S. The number of hydrogen-bond donors (Lipinski definition) is 2. The number of thioether (sulfide) groups is 1. The van der Waals surface area contributed by atoms with Crippen LogP contribution in [-0.2, 0) is 32.4 Å². The van der Waals surface area contributed by atoms with Gasteiger partial charge in [0.1, 0.15) is 12.4 Å². The molecule has 0 radical (unpaired) electrons. The Hall–Kier alpha value is -3.10. The Kier molecular flexibility index (Phi) is 6.97. The van der Waals surface area contributed by atoms with Crippen molar-refractivity contribution in [3.63, 3.8) is 0 Å². The highest BCUT2D eigenvalue weighted by atomic mass is 32.2. The molecule has 1 unspecified atom stereocenters. The summed E-state index contributed by atoms with van der Waals surface area (Å²) < 4.78 is 7.23. The van der Waals surface area contributed by atoms with Crippen LogP contribution in [0.3, 0.4) is 0 Å². The van der Waals surface area contributed by atoms with Gasteiger partial charge in [-0.25, -0.2) is 4.68 Å². The fraction of sp³-hybridized carbons (Fsp3) is 0.346. The van der Waals surface area contributed by atoms with Crippen LogP contribution in [0.15, 0.2) is 60.7 Å². The highest BCUT2D eigenvalue weighted by Crippen LogP contribution is 2.36. The van der Waals surface area contributed by atoms with Gasteiger partial charge in [0.2, 0.25) is 11.8 Å². The number of amides is 2. The minimum atomic E-state index is -0.469. The van der Waals surface area contributed by atoms with Gasteiger partial charge in [-0.2, -0.15) is 16.9 Å². The summed E-state index contributed by atoms with van der Waals surface area (Å²) in [6.45, 7) is 1.31. The number of hydrogen-bond acceptors (Lipinski definition) is 5. The summed E-state index contributed by atoms with van der Waals surface area (Å²) >= 11 is 1.76. The number of benzene rings is 2. The minimum Gasteiger partial charge on any atom is -0.376 e. The van der Waals surface area contributed by atoms with Crippen molar-refractivity contribution in [3.8, 4) is 0 Å². The summed E-state index contributed by atoms with van der Waals surface area (Å²) in [5.41, 5.74) is 3.77. The first-order valence-corrected chi connectivity index (χ1v) is 12.8. The highest BCUT2D eigenvalue weighted by Gasteiger charge is 2.29. The molecule has 0 aliphatic carbocycles. The molecule has 2 N–H and O–H groups in total. The van der Waals surface area contributed by atoms with Crippen LogP contribution < -0.4 is 10.6 Å². The fourth-order valence-corrected chi connectivity index (χ4v) is 5.56. The first kappa shape index (κ1) is 22.7. The summed E-state index contributed by atoms with van der Waals surface area (Å²) in [7, 11) is 0. The van der Waals surface area contributed by atoms with Crippen molar-refractivity contribution >= 4 is 29.4 Å². The second-order valence-electron chi connectivity index (χ2n) is 8.61.